The number of barbiturate groups is 1. The summed E-state index contributed by atoms with van der Waals surface area (Å²) in [7, 11) is 0. The van der Waals surface area contributed by atoms with E-state index in [4.69, 9.17) is 0 Å². The minimum atomic E-state index is -1.16. The molecule has 4 amide bonds. The van der Waals surface area contributed by atoms with Gasteiger partial charge in [-0.05, 0) is 25.7 Å². The highest BCUT2D eigenvalue weighted by Gasteiger charge is 2.46. The van der Waals surface area contributed by atoms with Crippen molar-refractivity contribution in [2.24, 2.45) is 10.8 Å². The molecule has 0 atom stereocenters. The van der Waals surface area contributed by atoms with Crippen LogP contribution in [0, 0.1) is 10.8 Å². The highest BCUT2D eigenvalue weighted by atomic mass is 16.2. The van der Waals surface area contributed by atoms with Crippen LogP contribution >= 0.6 is 0 Å². The van der Waals surface area contributed by atoms with Gasteiger partial charge in [0.2, 0.25) is 11.8 Å². The molecule has 0 aromatic carbocycles. The maximum absolute atomic E-state index is 12.0. The van der Waals surface area contributed by atoms with Crippen LogP contribution in [0.4, 0.5) is 4.79 Å². The first kappa shape index (κ1) is 13.7. The molecule has 0 aromatic heterocycles. The summed E-state index contributed by atoms with van der Waals surface area (Å²) in [5.41, 5.74) is -1.13. The third-order valence-electron chi connectivity index (χ3n) is 2.90. The van der Waals surface area contributed by atoms with Crippen LogP contribution in [0.3, 0.4) is 0 Å². The number of nitrogens with zero attached hydrogens (tertiary/aromatic N) is 1. The fourth-order valence-electron chi connectivity index (χ4n) is 1.50. The molecule has 1 fully saturated rings. The summed E-state index contributed by atoms with van der Waals surface area (Å²) in [4.78, 5) is 36.3. The molecule has 1 aliphatic rings. The fourth-order valence-corrected chi connectivity index (χ4v) is 1.50. The van der Waals surface area contributed by atoms with Crippen LogP contribution in [0.1, 0.15) is 41.0 Å². The Bertz CT molecular complexity index is 366. The topological polar surface area (TPSA) is 66.5 Å². The lowest BCUT2D eigenvalue weighted by atomic mass is 9.87. The molecule has 1 saturated heterocycles. The van der Waals surface area contributed by atoms with Gasteiger partial charge in [-0.15, -0.1) is 0 Å². The highest BCUT2D eigenvalue weighted by molar-refractivity contribution is 6.18. The second-order valence-electron chi connectivity index (χ2n) is 6.15. The Balaban J connectivity index is 2.82. The molecule has 1 N–H and O–H groups in total. The Morgan fingerprint density at radius 1 is 1.18 bits per heavy atom. The van der Waals surface area contributed by atoms with Crippen molar-refractivity contribution in [3.05, 3.63) is 0 Å². The van der Waals surface area contributed by atoms with Gasteiger partial charge in [0.15, 0.2) is 0 Å². The highest BCUT2D eigenvalue weighted by Crippen LogP contribution is 2.25. The van der Waals surface area contributed by atoms with Crippen molar-refractivity contribution >= 4 is 17.8 Å². The Hall–Kier alpha value is -1.39. The predicted octanol–water partition coefficient (Wildman–Crippen LogP) is 1.53. The molecule has 0 aromatic rings. The molecule has 0 unspecified atom stereocenters. The number of hydrogen-bond acceptors (Lipinski definition) is 3. The first-order valence-electron chi connectivity index (χ1n) is 5.73. The van der Waals surface area contributed by atoms with E-state index in [1.54, 1.807) is 0 Å². The molecule has 5 heteroatoms. The summed E-state index contributed by atoms with van der Waals surface area (Å²) >= 11 is 0. The lowest BCUT2D eigenvalue weighted by Gasteiger charge is -2.35. The minimum absolute atomic E-state index is 0.0339. The van der Waals surface area contributed by atoms with E-state index >= 15 is 0 Å². The number of hydrogen-bond donors (Lipinski definition) is 1. The van der Waals surface area contributed by atoms with E-state index in [0.29, 0.717) is 13.0 Å². The Kier molecular flexibility index (Phi) is 3.32. The molecule has 0 bridgehead atoms. The zero-order chi connectivity index (χ0) is 13.4. The van der Waals surface area contributed by atoms with E-state index in [9.17, 15) is 14.4 Å². The molecule has 1 rings (SSSR count). The number of carbonyl (C=O) groups is 3. The molecule has 0 radical (unpaired) electrons. The molecular weight excluding hydrogens is 220 g/mol. The van der Waals surface area contributed by atoms with Crippen molar-refractivity contribution in [1.82, 2.24) is 10.2 Å². The van der Waals surface area contributed by atoms with Crippen molar-refractivity contribution in [2.45, 2.75) is 41.0 Å². The van der Waals surface area contributed by atoms with E-state index in [1.807, 2.05) is 20.8 Å². The second kappa shape index (κ2) is 4.13. The Morgan fingerprint density at radius 2 is 1.71 bits per heavy atom. The van der Waals surface area contributed by atoms with E-state index in [-0.39, 0.29) is 5.41 Å². The summed E-state index contributed by atoms with van der Waals surface area (Å²) in [6.45, 7) is 9.51. The molecular formula is C12H20N2O3. The van der Waals surface area contributed by atoms with Crippen LogP contribution in [0.2, 0.25) is 0 Å². The van der Waals surface area contributed by atoms with E-state index in [2.05, 4.69) is 5.32 Å². The zero-order valence-corrected chi connectivity index (χ0v) is 11.1. The first-order chi connectivity index (χ1) is 7.55. The summed E-state index contributed by atoms with van der Waals surface area (Å²) in [5.74, 6) is -0.949. The second-order valence-corrected chi connectivity index (χ2v) is 6.15. The lowest BCUT2D eigenvalue weighted by molar-refractivity contribution is -0.149. The third-order valence-corrected chi connectivity index (χ3v) is 2.90. The monoisotopic (exact) mass is 240 g/mol. The van der Waals surface area contributed by atoms with Crippen molar-refractivity contribution in [3.8, 4) is 0 Å². The summed E-state index contributed by atoms with van der Waals surface area (Å²) < 4.78 is 0. The van der Waals surface area contributed by atoms with Gasteiger partial charge < -0.3 is 0 Å². The van der Waals surface area contributed by atoms with Crippen LogP contribution in [0.25, 0.3) is 0 Å². The summed E-state index contributed by atoms with van der Waals surface area (Å²) in [6, 6.07) is -0.608. The maximum atomic E-state index is 12.0. The number of imide groups is 2. The minimum Gasteiger partial charge on any atom is -0.277 e. The van der Waals surface area contributed by atoms with Crippen LogP contribution in [-0.4, -0.2) is 29.3 Å². The van der Waals surface area contributed by atoms with E-state index in [0.717, 1.165) is 4.90 Å². The predicted molar refractivity (Wildman–Crippen MR) is 63.1 cm³/mol. The van der Waals surface area contributed by atoms with Gasteiger partial charge in [0.25, 0.3) is 0 Å². The fraction of sp³-hybridized carbons (Fsp3) is 0.750. The maximum Gasteiger partial charge on any atom is 0.330 e. The molecule has 1 heterocycles. The van der Waals surface area contributed by atoms with Gasteiger partial charge in [0, 0.05) is 6.54 Å². The molecule has 0 aliphatic carbocycles. The van der Waals surface area contributed by atoms with Gasteiger partial charge in [-0.1, -0.05) is 20.8 Å². The largest absolute Gasteiger partial charge is 0.330 e. The molecule has 0 saturated carbocycles. The van der Waals surface area contributed by atoms with Crippen LogP contribution in [0.15, 0.2) is 0 Å². The Labute approximate surface area is 102 Å². The number of nitrogens with one attached hydrogen (secondary N) is 1. The van der Waals surface area contributed by atoms with Crippen molar-refractivity contribution in [3.63, 3.8) is 0 Å². The van der Waals surface area contributed by atoms with Gasteiger partial charge >= 0.3 is 6.03 Å². The zero-order valence-electron chi connectivity index (χ0n) is 11.1. The normalized spacial score (nSPS) is 20.5. The quantitative estimate of drug-likeness (QED) is 0.744. The van der Waals surface area contributed by atoms with Gasteiger partial charge in [0.05, 0.1) is 0 Å². The molecule has 96 valence electrons. The van der Waals surface area contributed by atoms with Crippen molar-refractivity contribution < 1.29 is 14.4 Å². The van der Waals surface area contributed by atoms with Gasteiger partial charge in [-0.2, -0.15) is 0 Å². The van der Waals surface area contributed by atoms with Gasteiger partial charge in [0.1, 0.15) is 5.41 Å². The average Bonchev–Trinajstić information content (AvgIpc) is 2.13. The van der Waals surface area contributed by atoms with Crippen LogP contribution < -0.4 is 5.32 Å². The third kappa shape index (κ3) is 2.84. The number of amides is 4. The molecule has 5 nitrogen and oxygen atoms in total. The van der Waals surface area contributed by atoms with Crippen LogP contribution in [0.5, 0.6) is 0 Å². The average molecular weight is 240 g/mol. The lowest BCUT2D eigenvalue weighted by Crippen LogP contribution is -2.62. The molecule has 17 heavy (non-hydrogen) atoms. The summed E-state index contributed by atoms with van der Waals surface area (Å²) in [6.07, 6.45) is 0.705. The molecule has 0 spiro atoms. The van der Waals surface area contributed by atoms with Gasteiger partial charge in [-0.3, -0.25) is 19.8 Å². The first-order valence-corrected chi connectivity index (χ1v) is 5.73. The smallest absolute Gasteiger partial charge is 0.277 e. The van der Waals surface area contributed by atoms with E-state index < -0.39 is 23.3 Å². The standard InChI is InChI=1S/C12H20N2O3/c1-11(2,3)6-7-14-9(16)12(4,5)8(15)13-10(14)17/h6-7H2,1-5H3,(H,13,15,17). The number of urea groups is 1. The van der Waals surface area contributed by atoms with Crippen molar-refractivity contribution in [1.29, 1.82) is 0 Å². The SMILES string of the molecule is CC(C)(C)CCN1C(=O)NC(=O)C(C)(C)C1=O. The number of carbonyl (C=O) groups excluding carboxylic acids is 3. The Morgan fingerprint density at radius 3 is 2.18 bits per heavy atom. The number of rotatable bonds is 2. The summed E-state index contributed by atoms with van der Waals surface area (Å²) in [5, 5.41) is 2.21. The van der Waals surface area contributed by atoms with Crippen molar-refractivity contribution in [2.75, 3.05) is 6.54 Å². The van der Waals surface area contributed by atoms with E-state index in [1.165, 1.54) is 13.8 Å². The van der Waals surface area contributed by atoms with Gasteiger partial charge in [-0.25, -0.2) is 4.79 Å². The van der Waals surface area contributed by atoms with Crippen LogP contribution in [-0.2, 0) is 9.59 Å². The molecule has 1 aliphatic heterocycles.